The highest BCUT2D eigenvalue weighted by Gasteiger charge is 2.33. The van der Waals surface area contributed by atoms with Crippen LogP contribution in [0.1, 0.15) is 49.9 Å². The van der Waals surface area contributed by atoms with Crippen molar-refractivity contribution >= 4 is 11.6 Å². The molecule has 0 radical (unpaired) electrons. The van der Waals surface area contributed by atoms with Gasteiger partial charge in [0, 0.05) is 24.7 Å². The van der Waals surface area contributed by atoms with Crippen molar-refractivity contribution in [3.05, 3.63) is 59.7 Å². The summed E-state index contributed by atoms with van der Waals surface area (Å²) in [7, 11) is 1.69. The van der Waals surface area contributed by atoms with Crippen molar-refractivity contribution < 1.29 is 9.53 Å². The van der Waals surface area contributed by atoms with E-state index in [1.54, 1.807) is 7.11 Å². The van der Waals surface area contributed by atoms with Gasteiger partial charge >= 0.3 is 0 Å². The number of rotatable bonds is 7. The average Bonchev–Trinajstić information content (AvgIpc) is 3.44. The fraction of sp³-hybridized carbons (Fsp3) is 0.381. The van der Waals surface area contributed by atoms with Crippen molar-refractivity contribution in [2.75, 3.05) is 12.4 Å². The van der Waals surface area contributed by atoms with Gasteiger partial charge in [0.25, 0.3) is 0 Å². The molecule has 2 N–H and O–H groups in total. The maximum atomic E-state index is 11.3. The van der Waals surface area contributed by atoms with Crippen LogP contribution in [0.25, 0.3) is 0 Å². The lowest BCUT2D eigenvalue weighted by Gasteiger charge is -2.24. The van der Waals surface area contributed by atoms with Crippen molar-refractivity contribution in [3.63, 3.8) is 0 Å². The largest absolute Gasteiger partial charge is 0.497 e. The first kappa shape index (κ1) is 17.5. The van der Waals surface area contributed by atoms with E-state index in [9.17, 15) is 4.79 Å². The summed E-state index contributed by atoms with van der Waals surface area (Å²) >= 11 is 0. The molecule has 2 unspecified atom stereocenters. The highest BCUT2D eigenvalue weighted by atomic mass is 16.5. The molecule has 2 aromatic rings. The number of nitrogens with one attached hydrogen (secondary N) is 2. The molecular formula is C21H26N2O2. The van der Waals surface area contributed by atoms with Gasteiger partial charge in [0.05, 0.1) is 7.11 Å². The van der Waals surface area contributed by atoms with E-state index in [0.29, 0.717) is 12.0 Å². The predicted octanol–water partition coefficient (Wildman–Crippen LogP) is 4.46. The Morgan fingerprint density at radius 3 is 2.44 bits per heavy atom. The first-order valence-electron chi connectivity index (χ1n) is 8.84. The molecule has 0 aromatic heterocycles. The summed E-state index contributed by atoms with van der Waals surface area (Å²) in [4.78, 5) is 11.3. The first-order chi connectivity index (χ1) is 12.1. The van der Waals surface area contributed by atoms with E-state index in [1.165, 1.54) is 30.9 Å². The highest BCUT2D eigenvalue weighted by Crippen LogP contribution is 2.42. The molecule has 1 fully saturated rings. The minimum atomic E-state index is -0.0492. The Kier molecular flexibility index (Phi) is 5.39. The molecule has 132 valence electrons. The van der Waals surface area contributed by atoms with E-state index < -0.39 is 0 Å². The minimum absolute atomic E-state index is 0.0492. The van der Waals surface area contributed by atoms with Crippen LogP contribution in [-0.2, 0) is 4.79 Å². The lowest BCUT2D eigenvalue weighted by molar-refractivity contribution is -0.114. The van der Waals surface area contributed by atoms with E-state index in [-0.39, 0.29) is 11.9 Å². The molecule has 0 saturated heterocycles. The molecule has 4 heteroatoms. The zero-order valence-corrected chi connectivity index (χ0v) is 15.1. The Labute approximate surface area is 149 Å². The van der Waals surface area contributed by atoms with Crippen LogP contribution in [0.5, 0.6) is 5.75 Å². The number of benzene rings is 2. The van der Waals surface area contributed by atoms with Gasteiger partial charge in [-0.15, -0.1) is 0 Å². The molecule has 2 aromatic carbocycles. The van der Waals surface area contributed by atoms with Crippen LogP contribution in [0.3, 0.4) is 0 Å². The topological polar surface area (TPSA) is 50.4 Å². The fourth-order valence-corrected chi connectivity index (χ4v) is 3.20. The molecule has 25 heavy (non-hydrogen) atoms. The summed E-state index contributed by atoms with van der Waals surface area (Å²) < 4.78 is 5.27. The number of hydrogen-bond acceptors (Lipinski definition) is 3. The predicted molar refractivity (Wildman–Crippen MR) is 101 cm³/mol. The highest BCUT2D eigenvalue weighted by molar-refractivity contribution is 5.88. The second kappa shape index (κ2) is 7.70. The number of hydrogen-bond donors (Lipinski definition) is 2. The van der Waals surface area contributed by atoms with Gasteiger partial charge in [0.2, 0.25) is 5.91 Å². The Bertz CT molecular complexity index is 723. The molecule has 1 aliphatic carbocycles. The van der Waals surface area contributed by atoms with Crippen molar-refractivity contribution in [3.8, 4) is 5.75 Å². The van der Waals surface area contributed by atoms with Crippen LogP contribution in [0, 0.1) is 5.92 Å². The van der Waals surface area contributed by atoms with E-state index in [1.807, 2.05) is 30.3 Å². The molecule has 1 aliphatic rings. The van der Waals surface area contributed by atoms with Gasteiger partial charge in [-0.3, -0.25) is 4.79 Å². The molecule has 3 rings (SSSR count). The summed E-state index contributed by atoms with van der Waals surface area (Å²) in [5.41, 5.74) is 3.31. The van der Waals surface area contributed by atoms with E-state index >= 15 is 0 Å². The van der Waals surface area contributed by atoms with E-state index in [4.69, 9.17) is 4.74 Å². The fourth-order valence-electron chi connectivity index (χ4n) is 3.20. The quantitative estimate of drug-likeness (QED) is 0.784. The van der Waals surface area contributed by atoms with Gasteiger partial charge in [-0.2, -0.15) is 0 Å². The lowest BCUT2D eigenvalue weighted by Crippen LogP contribution is -2.26. The Morgan fingerprint density at radius 1 is 1.12 bits per heavy atom. The second-order valence-corrected chi connectivity index (χ2v) is 6.78. The van der Waals surface area contributed by atoms with Gasteiger partial charge in [-0.25, -0.2) is 0 Å². The molecule has 2 atom stereocenters. The Hall–Kier alpha value is -2.33. The third-order valence-corrected chi connectivity index (χ3v) is 4.70. The van der Waals surface area contributed by atoms with Crippen LogP contribution in [0.15, 0.2) is 48.5 Å². The van der Waals surface area contributed by atoms with Crippen molar-refractivity contribution in [1.29, 1.82) is 0 Å². The normalized spacial score (nSPS) is 16.1. The van der Waals surface area contributed by atoms with Crippen molar-refractivity contribution in [1.82, 2.24) is 5.32 Å². The van der Waals surface area contributed by atoms with Crippen LogP contribution in [-0.4, -0.2) is 13.0 Å². The minimum Gasteiger partial charge on any atom is -0.497 e. The zero-order chi connectivity index (χ0) is 17.8. The Morgan fingerprint density at radius 2 is 1.84 bits per heavy atom. The monoisotopic (exact) mass is 338 g/mol. The molecule has 0 heterocycles. The molecule has 1 amide bonds. The smallest absolute Gasteiger partial charge is 0.221 e. The molecule has 0 aliphatic heterocycles. The first-order valence-corrected chi connectivity index (χ1v) is 8.84. The van der Waals surface area contributed by atoms with Gasteiger partial charge in [0.1, 0.15) is 5.75 Å². The number of carbonyl (C=O) groups is 1. The second-order valence-electron chi connectivity index (χ2n) is 6.78. The van der Waals surface area contributed by atoms with Crippen LogP contribution in [0.2, 0.25) is 0 Å². The summed E-state index contributed by atoms with van der Waals surface area (Å²) in [5, 5.41) is 6.63. The number of amides is 1. The number of anilines is 1. The number of methoxy groups -OCH3 is 1. The molecule has 4 nitrogen and oxygen atoms in total. The van der Waals surface area contributed by atoms with Crippen molar-refractivity contribution in [2.24, 2.45) is 5.92 Å². The van der Waals surface area contributed by atoms with Gasteiger partial charge in [-0.05, 0) is 61.1 Å². The molecular weight excluding hydrogens is 312 g/mol. The van der Waals surface area contributed by atoms with Gasteiger partial charge in [0.15, 0.2) is 0 Å². The maximum absolute atomic E-state index is 11.3. The van der Waals surface area contributed by atoms with Gasteiger partial charge < -0.3 is 15.4 Å². The van der Waals surface area contributed by atoms with Crippen LogP contribution in [0.4, 0.5) is 5.69 Å². The molecule has 0 spiro atoms. The third-order valence-electron chi connectivity index (χ3n) is 4.70. The SMILES string of the molecule is COc1ccc(C(NC(C)c2cccc(NC(C)=O)c2)C2CC2)cc1. The van der Waals surface area contributed by atoms with Crippen molar-refractivity contribution in [2.45, 2.75) is 38.8 Å². The third kappa shape index (κ3) is 4.60. The Balaban J connectivity index is 1.74. The standard InChI is InChI=1S/C21H26N2O2/c1-14(18-5-4-6-19(13-18)23-15(2)24)22-21(16-7-8-16)17-9-11-20(25-3)12-10-17/h4-6,9-14,16,21-22H,7-8H2,1-3H3,(H,23,24). The average molecular weight is 338 g/mol. The molecule has 0 bridgehead atoms. The van der Waals surface area contributed by atoms with E-state index in [2.05, 4.69) is 35.8 Å². The van der Waals surface area contributed by atoms with E-state index in [0.717, 1.165) is 11.4 Å². The summed E-state index contributed by atoms with van der Waals surface area (Å²) in [5.74, 6) is 1.52. The van der Waals surface area contributed by atoms with Crippen LogP contribution < -0.4 is 15.4 Å². The lowest BCUT2D eigenvalue weighted by atomic mass is 9.99. The summed E-state index contributed by atoms with van der Waals surface area (Å²) in [6.07, 6.45) is 2.53. The summed E-state index contributed by atoms with van der Waals surface area (Å²) in [6, 6.07) is 16.9. The summed E-state index contributed by atoms with van der Waals surface area (Å²) in [6.45, 7) is 3.70. The zero-order valence-electron chi connectivity index (χ0n) is 15.1. The number of carbonyl (C=O) groups excluding carboxylic acids is 1. The maximum Gasteiger partial charge on any atom is 0.221 e. The van der Waals surface area contributed by atoms with Crippen LogP contribution >= 0.6 is 0 Å². The molecule has 1 saturated carbocycles. The van der Waals surface area contributed by atoms with Gasteiger partial charge in [-0.1, -0.05) is 24.3 Å². The number of ether oxygens (including phenoxy) is 1.